The zero-order valence-electron chi connectivity index (χ0n) is 10.1. The Morgan fingerprint density at radius 1 is 1.41 bits per heavy atom. The van der Waals surface area contributed by atoms with Crippen molar-refractivity contribution in [2.45, 2.75) is 32.8 Å². The van der Waals surface area contributed by atoms with Crippen LogP contribution >= 0.6 is 0 Å². The molecule has 1 aromatic carbocycles. The van der Waals surface area contributed by atoms with Crippen LogP contribution in [0.25, 0.3) is 0 Å². The first-order chi connectivity index (χ1) is 8.27. The minimum Gasteiger partial charge on any atom is -0.460 e. The van der Waals surface area contributed by atoms with Crippen molar-refractivity contribution in [3.8, 4) is 6.07 Å². The fourth-order valence-electron chi connectivity index (χ4n) is 1.47. The van der Waals surface area contributed by atoms with E-state index in [1.165, 1.54) is 0 Å². The maximum atomic E-state index is 11.6. The van der Waals surface area contributed by atoms with E-state index in [1.807, 2.05) is 43.3 Å². The SMILES string of the molecule is CCCCC(C#N)C(=O)OCc1ccccc1. The first-order valence-electron chi connectivity index (χ1n) is 5.88. The molecule has 3 heteroatoms. The third-order valence-corrected chi connectivity index (χ3v) is 2.51. The maximum absolute atomic E-state index is 11.6. The van der Waals surface area contributed by atoms with Gasteiger partial charge in [-0.1, -0.05) is 50.1 Å². The molecule has 0 radical (unpaired) electrons. The second-order valence-corrected chi connectivity index (χ2v) is 3.92. The first-order valence-corrected chi connectivity index (χ1v) is 5.88. The van der Waals surface area contributed by atoms with E-state index in [2.05, 4.69) is 0 Å². The average molecular weight is 231 g/mol. The normalized spacial score (nSPS) is 11.5. The lowest BCUT2D eigenvalue weighted by Crippen LogP contribution is -2.16. The lowest BCUT2D eigenvalue weighted by atomic mass is 10.0. The minimum atomic E-state index is -0.626. The molecule has 1 aromatic rings. The summed E-state index contributed by atoms with van der Waals surface area (Å²) in [7, 11) is 0. The van der Waals surface area contributed by atoms with E-state index in [4.69, 9.17) is 10.00 Å². The molecule has 0 saturated carbocycles. The fourth-order valence-corrected chi connectivity index (χ4v) is 1.47. The van der Waals surface area contributed by atoms with Gasteiger partial charge in [0.05, 0.1) is 6.07 Å². The number of hydrogen-bond acceptors (Lipinski definition) is 3. The third-order valence-electron chi connectivity index (χ3n) is 2.51. The van der Waals surface area contributed by atoms with Crippen LogP contribution in [-0.2, 0) is 16.1 Å². The zero-order valence-corrected chi connectivity index (χ0v) is 10.1. The molecule has 1 atom stereocenters. The number of rotatable bonds is 6. The predicted molar refractivity (Wildman–Crippen MR) is 64.9 cm³/mol. The van der Waals surface area contributed by atoms with Gasteiger partial charge in [-0.25, -0.2) is 0 Å². The molecule has 0 spiro atoms. The Hall–Kier alpha value is -1.82. The lowest BCUT2D eigenvalue weighted by Gasteiger charge is -2.08. The number of hydrogen-bond donors (Lipinski definition) is 0. The first kappa shape index (κ1) is 13.2. The summed E-state index contributed by atoms with van der Waals surface area (Å²) in [5, 5.41) is 8.87. The second kappa shape index (κ2) is 7.45. The van der Waals surface area contributed by atoms with E-state index in [0.29, 0.717) is 6.42 Å². The Balaban J connectivity index is 2.40. The highest BCUT2D eigenvalue weighted by atomic mass is 16.5. The number of carbonyl (C=O) groups excluding carboxylic acids is 1. The number of esters is 1. The molecular formula is C14H17NO2. The monoisotopic (exact) mass is 231 g/mol. The van der Waals surface area contributed by atoms with Crippen LogP contribution in [0.15, 0.2) is 30.3 Å². The number of unbranched alkanes of at least 4 members (excludes halogenated alkanes) is 1. The molecule has 0 fully saturated rings. The van der Waals surface area contributed by atoms with Crippen LogP contribution in [0.4, 0.5) is 0 Å². The molecule has 17 heavy (non-hydrogen) atoms. The summed E-state index contributed by atoms with van der Waals surface area (Å²) in [5.41, 5.74) is 0.938. The van der Waals surface area contributed by atoms with Gasteiger partial charge in [0.15, 0.2) is 0 Å². The van der Waals surface area contributed by atoms with Crippen LogP contribution in [0.2, 0.25) is 0 Å². The fraction of sp³-hybridized carbons (Fsp3) is 0.429. The molecule has 0 N–H and O–H groups in total. The summed E-state index contributed by atoms with van der Waals surface area (Å²) in [6, 6.07) is 11.5. The van der Waals surface area contributed by atoms with Crippen LogP contribution in [-0.4, -0.2) is 5.97 Å². The summed E-state index contributed by atoms with van der Waals surface area (Å²) in [6.45, 7) is 2.27. The van der Waals surface area contributed by atoms with Gasteiger partial charge < -0.3 is 4.74 Å². The van der Waals surface area contributed by atoms with Crippen molar-refractivity contribution < 1.29 is 9.53 Å². The molecule has 90 valence electrons. The van der Waals surface area contributed by atoms with Crippen molar-refractivity contribution in [3.63, 3.8) is 0 Å². The second-order valence-electron chi connectivity index (χ2n) is 3.92. The number of ether oxygens (including phenoxy) is 1. The van der Waals surface area contributed by atoms with E-state index >= 15 is 0 Å². The smallest absolute Gasteiger partial charge is 0.323 e. The van der Waals surface area contributed by atoms with Gasteiger partial charge in [0.1, 0.15) is 12.5 Å². The van der Waals surface area contributed by atoms with Gasteiger partial charge in [0, 0.05) is 0 Å². The molecule has 0 aliphatic carbocycles. The van der Waals surface area contributed by atoms with E-state index in [0.717, 1.165) is 18.4 Å². The number of carbonyl (C=O) groups is 1. The van der Waals surface area contributed by atoms with E-state index in [9.17, 15) is 4.79 Å². The largest absolute Gasteiger partial charge is 0.460 e. The highest BCUT2D eigenvalue weighted by Gasteiger charge is 2.18. The van der Waals surface area contributed by atoms with Crippen molar-refractivity contribution >= 4 is 5.97 Å². The predicted octanol–water partition coefficient (Wildman–Crippen LogP) is 3.06. The van der Waals surface area contributed by atoms with Gasteiger partial charge in [-0.3, -0.25) is 4.79 Å². The van der Waals surface area contributed by atoms with Gasteiger partial charge in [-0.05, 0) is 12.0 Å². The van der Waals surface area contributed by atoms with Gasteiger partial charge in [-0.2, -0.15) is 5.26 Å². The molecule has 0 bridgehead atoms. The van der Waals surface area contributed by atoms with E-state index in [1.54, 1.807) is 0 Å². The van der Waals surface area contributed by atoms with Crippen LogP contribution in [0, 0.1) is 17.2 Å². The Morgan fingerprint density at radius 2 is 2.12 bits per heavy atom. The molecular weight excluding hydrogens is 214 g/mol. The maximum Gasteiger partial charge on any atom is 0.323 e. The Labute approximate surface area is 102 Å². The third kappa shape index (κ3) is 4.69. The summed E-state index contributed by atoms with van der Waals surface area (Å²) >= 11 is 0. The van der Waals surface area contributed by atoms with Gasteiger partial charge in [-0.15, -0.1) is 0 Å². The summed E-state index contributed by atoms with van der Waals surface area (Å²) in [4.78, 5) is 11.6. The lowest BCUT2D eigenvalue weighted by molar-refractivity contribution is -0.148. The quantitative estimate of drug-likeness (QED) is 0.707. The molecule has 3 nitrogen and oxygen atoms in total. The standard InChI is InChI=1S/C14H17NO2/c1-2-3-9-13(10-15)14(16)17-11-12-7-5-4-6-8-12/h4-8,13H,2-3,9,11H2,1H3. The van der Waals surface area contributed by atoms with Crippen molar-refractivity contribution in [2.24, 2.45) is 5.92 Å². The molecule has 0 amide bonds. The van der Waals surface area contributed by atoms with Gasteiger partial charge in [0.2, 0.25) is 0 Å². The van der Waals surface area contributed by atoms with Crippen LogP contribution in [0.1, 0.15) is 31.7 Å². The highest BCUT2D eigenvalue weighted by molar-refractivity contribution is 5.75. The Bertz CT molecular complexity index is 381. The Kier molecular flexibility index (Phi) is 5.81. The summed E-state index contributed by atoms with van der Waals surface area (Å²) < 4.78 is 5.12. The molecule has 0 aliphatic heterocycles. The number of benzene rings is 1. The van der Waals surface area contributed by atoms with E-state index < -0.39 is 11.9 Å². The summed E-state index contributed by atoms with van der Waals surface area (Å²) in [6.07, 6.45) is 2.43. The van der Waals surface area contributed by atoms with Crippen molar-refractivity contribution in [3.05, 3.63) is 35.9 Å². The minimum absolute atomic E-state index is 0.240. The molecule has 1 unspecified atom stereocenters. The molecule has 0 saturated heterocycles. The highest BCUT2D eigenvalue weighted by Crippen LogP contribution is 2.11. The van der Waals surface area contributed by atoms with Gasteiger partial charge >= 0.3 is 5.97 Å². The summed E-state index contributed by atoms with van der Waals surface area (Å²) in [5.74, 6) is -1.04. The van der Waals surface area contributed by atoms with Crippen molar-refractivity contribution in [2.75, 3.05) is 0 Å². The van der Waals surface area contributed by atoms with Gasteiger partial charge in [0.25, 0.3) is 0 Å². The Morgan fingerprint density at radius 3 is 2.71 bits per heavy atom. The van der Waals surface area contributed by atoms with Crippen LogP contribution in [0.5, 0.6) is 0 Å². The van der Waals surface area contributed by atoms with Crippen LogP contribution < -0.4 is 0 Å². The molecule has 1 rings (SSSR count). The molecule has 0 aliphatic rings. The van der Waals surface area contributed by atoms with Crippen LogP contribution in [0.3, 0.4) is 0 Å². The van der Waals surface area contributed by atoms with E-state index in [-0.39, 0.29) is 6.61 Å². The van der Waals surface area contributed by atoms with Crippen molar-refractivity contribution in [1.82, 2.24) is 0 Å². The average Bonchev–Trinajstić information content (AvgIpc) is 2.38. The molecule has 0 aromatic heterocycles. The number of nitriles is 1. The van der Waals surface area contributed by atoms with Crippen molar-refractivity contribution in [1.29, 1.82) is 5.26 Å². The zero-order chi connectivity index (χ0) is 12.5. The topological polar surface area (TPSA) is 50.1 Å². The molecule has 0 heterocycles. The number of nitrogens with zero attached hydrogens (tertiary/aromatic N) is 1.